The molecule has 1 fully saturated rings. The summed E-state index contributed by atoms with van der Waals surface area (Å²) >= 11 is 0. The Bertz CT molecular complexity index is 771. The zero-order valence-corrected chi connectivity index (χ0v) is 10.7. The minimum atomic E-state index is -0.710. The van der Waals surface area contributed by atoms with Crippen molar-refractivity contribution in [2.45, 2.75) is 18.9 Å². The molecule has 7 heteroatoms. The number of H-pyrrole nitrogens is 2. The standard InChI is InChI=1S/C13H14N4O3/c18-11(9-2-1-5-14-9)15-7-3-4-8-10(6-7)17-13(20)12(19)16-8/h3-4,6,9,14H,1-2,5H2,(H,15,18)(H,16,19)(H,17,20)/t9-/m0/s1. The lowest BCUT2D eigenvalue weighted by atomic mass is 10.2. The van der Waals surface area contributed by atoms with Gasteiger partial charge in [0.2, 0.25) is 5.91 Å². The molecule has 2 heterocycles. The molecule has 0 bridgehead atoms. The number of hydrogen-bond acceptors (Lipinski definition) is 4. The topological polar surface area (TPSA) is 107 Å². The van der Waals surface area contributed by atoms with Gasteiger partial charge >= 0.3 is 11.1 Å². The number of anilines is 1. The highest BCUT2D eigenvalue weighted by atomic mass is 16.2. The molecular formula is C13H14N4O3. The summed E-state index contributed by atoms with van der Waals surface area (Å²) in [7, 11) is 0. The van der Waals surface area contributed by atoms with E-state index in [4.69, 9.17) is 0 Å². The van der Waals surface area contributed by atoms with Crippen LogP contribution in [0.5, 0.6) is 0 Å². The van der Waals surface area contributed by atoms with Crippen molar-refractivity contribution in [3.63, 3.8) is 0 Å². The van der Waals surface area contributed by atoms with Crippen molar-refractivity contribution >= 4 is 22.6 Å². The van der Waals surface area contributed by atoms with Gasteiger partial charge in [0.05, 0.1) is 17.1 Å². The van der Waals surface area contributed by atoms with E-state index in [0.717, 1.165) is 19.4 Å². The van der Waals surface area contributed by atoms with Gasteiger partial charge in [0, 0.05) is 5.69 Å². The fourth-order valence-corrected chi connectivity index (χ4v) is 2.33. The molecule has 0 unspecified atom stereocenters. The maximum absolute atomic E-state index is 12.0. The molecule has 1 aromatic carbocycles. The minimum absolute atomic E-state index is 0.0892. The predicted octanol–water partition coefficient (Wildman–Crippen LogP) is -0.0931. The average molecular weight is 274 g/mol. The first-order valence-electron chi connectivity index (χ1n) is 6.44. The number of benzene rings is 1. The number of aromatic nitrogens is 2. The monoisotopic (exact) mass is 274 g/mol. The summed E-state index contributed by atoms with van der Waals surface area (Å²) in [4.78, 5) is 39.4. The number of rotatable bonds is 2. The van der Waals surface area contributed by atoms with E-state index in [2.05, 4.69) is 20.6 Å². The van der Waals surface area contributed by atoms with Crippen molar-refractivity contribution in [2.75, 3.05) is 11.9 Å². The third-order valence-corrected chi connectivity index (χ3v) is 3.37. The summed E-state index contributed by atoms with van der Waals surface area (Å²) in [6.07, 6.45) is 1.81. The van der Waals surface area contributed by atoms with Crippen LogP contribution in [0, 0.1) is 0 Å². The molecule has 3 rings (SSSR count). The van der Waals surface area contributed by atoms with Gasteiger partial charge in [-0.2, -0.15) is 0 Å². The van der Waals surface area contributed by atoms with Crippen LogP contribution in [0.1, 0.15) is 12.8 Å². The Balaban J connectivity index is 1.89. The smallest absolute Gasteiger partial charge is 0.314 e. The first kappa shape index (κ1) is 12.6. The maximum atomic E-state index is 12.0. The summed E-state index contributed by atoms with van der Waals surface area (Å²) in [5.74, 6) is -0.0892. The highest BCUT2D eigenvalue weighted by molar-refractivity contribution is 5.96. The number of nitrogens with one attached hydrogen (secondary N) is 4. The van der Waals surface area contributed by atoms with E-state index >= 15 is 0 Å². The van der Waals surface area contributed by atoms with Gasteiger partial charge < -0.3 is 20.6 Å². The first-order chi connectivity index (χ1) is 9.63. The third kappa shape index (κ3) is 2.35. The van der Waals surface area contributed by atoms with Crippen LogP contribution in [0.4, 0.5) is 5.69 Å². The summed E-state index contributed by atoms with van der Waals surface area (Å²) in [6.45, 7) is 0.852. The fourth-order valence-electron chi connectivity index (χ4n) is 2.33. The Morgan fingerprint density at radius 3 is 2.60 bits per heavy atom. The van der Waals surface area contributed by atoms with E-state index in [1.807, 2.05) is 0 Å². The van der Waals surface area contributed by atoms with Crippen LogP contribution in [0.2, 0.25) is 0 Å². The van der Waals surface area contributed by atoms with Gasteiger partial charge in [-0.1, -0.05) is 0 Å². The lowest BCUT2D eigenvalue weighted by molar-refractivity contribution is -0.117. The van der Waals surface area contributed by atoms with Crippen molar-refractivity contribution < 1.29 is 4.79 Å². The number of hydrogen-bond donors (Lipinski definition) is 4. The SMILES string of the molecule is O=C(Nc1ccc2[nH]c(=O)c(=O)[nH]c2c1)[C@@H]1CCCN1. The third-order valence-electron chi connectivity index (χ3n) is 3.37. The molecule has 2 aromatic rings. The van der Waals surface area contributed by atoms with Gasteiger partial charge in [-0.3, -0.25) is 14.4 Å². The lowest BCUT2D eigenvalue weighted by Crippen LogP contribution is -2.35. The van der Waals surface area contributed by atoms with Gasteiger partial charge in [0.1, 0.15) is 0 Å². The molecule has 1 aliphatic rings. The Morgan fingerprint density at radius 2 is 1.90 bits per heavy atom. The molecule has 0 saturated carbocycles. The second-order valence-corrected chi connectivity index (χ2v) is 4.81. The quantitative estimate of drug-likeness (QED) is 0.574. The highest BCUT2D eigenvalue weighted by Gasteiger charge is 2.21. The zero-order valence-electron chi connectivity index (χ0n) is 10.7. The lowest BCUT2D eigenvalue weighted by Gasteiger charge is -2.11. The van der Waals surface area contributed by atoms with Crippen LogP contribution < -0.4 is 21.8 Å². The van der Waals surface area contributed by atoms with Gasteiger partial charge in [0.15, 0.2) is 0 Å². The van der Waals surface area contributed by atoms with Crippen LogP contribution in [-0.4, -0.2) is 28.5 Å². The van der Waals surface area contributed by atoms with Crippen LogP contribution in [0.15, 0.2) is 27.8 Å². The number of aromatic amines is 2. The van der Waals surface area contributed by atoms with Crippen LogP contribution >= 0.6 is 0 Å². The molecule has 1 atom stereocenters. The molecular weight excluding hydrogens is 260 g/mol. The van der Waals surface area contributed by atoms with Crippen molar-refractivity contribution in [1.29, 1.82) is 0 Å². The second-order valence-electron chi connectivity index (χ2n) is 4.81. The molecule has 1 aromatic heterocycles. The summed E-state index contributed by atoms with van der Waals surface area (Å²) in [6, 6.07) is 4.79. The summed E-state index contributed by atoms with van der Waals surface area (Å²) in [5.41, 5.74) is 0.181. The van der Waals surface area contributed by atoms with Gasteiger partial charge in [-0.15, -0.1) is 0 Å². The molecule has 104 valence electrons. The molecule has 7 nitrogen and oxygen atoms in total. The Hall–Kier alpha value is -2.41. The maximum Gasteiger partial charge on any atom is 0.314 e. The molecule has 1 saturated heterocycles. The van der Waals surface area contributed by atoms with Crippen molar-refractivity contribution in [3.8, 4) is 0 Å². The summed E-state index contributed by atoms with van der Waals surface area (Å²) in [5, 5.41) is 5.91. The Kier molecular flexibility index (Phi) is 3.11. The van der Waals surface area contributed by atoms with Gasteiger partial charge in [-0.25, -0.2) is 0 Å². The van der Waals surface area contributed by atoms with E-state index in [1.54, 1.807) is 18.2 Å². The number of fused-ring (bicyclic) bond motifs is 1. The fraction of sp³-hybridized carbons (Fsp3) is 0.308. The summed E-state index contributed by atoms with van der Waals surface area (Å²) < 4.78 is 0. The van der Waals surface area contributed by atoms with Gasteiger partial charge in [0.25, 0.3) is 0 Å². The molecule has 0 aliphatic carbocycles. The number of carbonyl (C=O) groups is 1. The number of carbonyl (C=O) groups excluding carboxylic acids is 1. The van der Waals surface area contributed by atoms with E-state index < -0.39 is 11.1 Å². The molecule has 1 aliphatic heterocycles. The first-order valence-corrected chi connectivity index (χ1v) is 6.44. The zero-order chi connectivity index (χ0) is 14.1. The highest BCUT2D eigenvalue weighted by Crippen LogP contribution is 2.15. The van der Waals surface area contributed by atoms with Crippen molar-refractivity contribution in [1.82, 2.24) is 15.3 Å². The van der Waals surface area contributed by atoms with E-state index in [0.29, 0.717) is 16.7 Å². The molecule has 0 spiro atoms. The Morgan fingerprint density at radius 1 is 1.15 bits per heavy atom. The minimum Gasteiger partial charge on any atom is -0.325 e. The second kappa shape index (κ2) is 4.93. The van der Waals surface area contributed by atoms with Crippen molar-refractivity contribution in [2.24, 2.45) is 0 Å². The molecule has 20 heavy (non-hydrogen) atoms. The van der Waals surface area contributed by atoms with Crippen LogP contribution in [-0.2, 0) is 4.79 Å². The van der Waals surface area contributed by atoms with E-state index in [-0.39, 0.29) is 11.9 Å². The molecule has 0 radical (unpaired) electrons. The van der Waals surface area contributed by atoms with E-state index in [1.165, 1.54) is 0 Å². The van der Waals surface area contributed by atoms with Gasteiger partial charge in [-0.05, 0) is 37.6 Å². The Labute approximate surface area is 113 Å². The average Bonchev–Trinajstić information content (AvgIpc) is 2.94. The number of amides is 1. The normalized spacial score (nSPS) is 18.3. The van der Waals surface area contributed by atoms with Crippen molar-refractivity contribution in [3.05, 3.63) is 38.9 Å². The van der Waals surface area contributed by atoms with E-state index in [9.17, 15) is 14.4 Å². The largest absolute Gasteiger partial charge is 0.325 e. The predicted molar refractivity (Wildman–Crippen MR) is 74.8 cm³/mol. The molecule has 1 amide bonds. The van der Waals surface area contributed by atoms with Crippen LogP contribution in [0.3, 0.4) is 0 Å². The molecule has 4 N–H and O–H groups in total. The van der Waals surface area contributed by atoms with Crippen LogP contribution in [0.25, 0.3) is 11.0 Å².